The third-order valence-corrected chi connectivity index (χ3v) is 6.57. The summed E-state index contributed by atoms with van der Waals surface area (Å²) in [4.78, 5) is 20.8. The van der Waals surface area contributed by atoms with Gasteiger partial charge < -0.3 is 9.88 Å². The number of piperidine rings is 1. The largest absolute Gasteiger partial charge is 0.361 e. The van der Waals surface area contributed by atoms with Crippen molar-refractivity contribution in [1.29, 1.82) is 0 Å². The number of aromatic nitrogens is 1. The summed E-state index contributed by atoms with van der Waals surface area (Å²) in [6, 6.07) is 17.2. The highest BCUT2D eigenvalue weighted by Gasteiger charge is 2.26. The van der Waals surface area contributed by atoms with Gasteiger partial charge in [0.25, 0.3) is 5.91 Å². The van der Waals surface area contributed by atoms with E-state index in [-0.39, 0.29) is 5.91 Å². The molecule has 4 nitrogen and oxygen atoms in total. The summed E-state index contributed by atoms with van der Waals surface area (Å²) in [5.41, 5.74) is 4.66. The van der Waals surface area contributed by atoms with Gasteiger partial charge in [-0.05, 0) is 68.5 Å². The van der Waals surface area contributed by atoms with Gasteiger partial charge in [0, 0.05) is 48.3 Å². The number of carbonyl (C=O) groups excluding carboxylic acids is 1. The maximum Gasteiger partial charge on any atom is 0.253 e. The molecule has 1 aliphatic rings. The molecule has 0 aliphatic carbocycles. The molecule has 0 bridgehead atoms. The first-order valence-electron chi connectivity index (χ1n) is 11.2. The Morgan fingerprint density at radius 1 is 1.10 bits per heavy atom. The van der Waals surface area contributed by atoms with Crippen LogP contribution in [0.1, 0.15) is 61.0 Å². The molecule has 1 saturated heterocycles. The molecule has 1 amide bonds. The zero-order valence-electron chi connectivity index (χ0n) is 18.4. The molecule has 0 unspecified atom stereocenters. The Balaban J connectivity index is 1.37. The van der Waals surface area contributed by atoms with Crippen molar-refractivity contribution in [2.75, 3.05) is 19.6 Å². The van der Waals surface area contributed by atoms with Crippen molar-refractivity contribution in [3.8, 4) is 0 Å². The summed E-state index contributed by atoms with van der Waals surface area (Å²) in [7, 11) is 0. The number of likely N-dealkylation sites (tertiary alicyclic amines) is 1. The molecule has 158 valence electrons. The molecule has 0 spiro atoms. The van der Waals surface area contributed by atoms with E-state index >= 15 is 0 Å². The number of aromatic amines is 1. The highest BCUT2D eigenvalue weighted by Crippen LogP contribution is 2.33. The molecule has 1 aromatic heterocycles. The Morgan fingerprint density at radius 3 is 2.47 bits per heavy atom. The van der Waals surface area contributed by atoms with Crippen LogP contribution in [0.25, 0.3) is 10.9 Å². The average molecular weight is 404 g/mol. The lowest BCUT2D eigenvalue weighted by molar-refractivity contribution is 0.0713. The first-order chi connectivity index (χ1) is 14.6. The molecular weight excluding hydrogens is 370 g/mol. The number of amides is 1. The van der Waals surface area contributed by atoms with E-state index < -0.39 is 0 Å². The van der Waals surface area contributed by atoms with Gasteiger partial charge in [0.1, 0.15) is 0 Å². The van der Waals surface area contributed by atoms with Gasteiger partial charge in [0.2, 0.25) is 0 Å². The minimum absolute atomic E-state index is 0.162. The fourth-order valence-corrected chi connectivity index (χ4v) is 4.65. The van der Waals surface area contributed by atoms with Crippen LogP contribution in [0.2, 0.25) is 0 Å². The lowest BCUT2D eigenvalue weighted by Crippen LogP contribution is -2.37. The van der Waals surface area contributed by atoms with Crippen LogP contribution in [0.4, 0.5) is 0 Å². The maximum atomic E-state index is 13.0. The predicted octanol–water partition coefficient (Wildman–Crippen LogP) is 5.42. The third kappa shape index (κ3) is 4.29. The van der Waals surface area contributed by atoms with Crippen LogP contribution >= 0.6 is 0 Å². The molecule has 2 heterocycles. The van der Waals surface area contributed by atoms with Crippen molar-refractivity contribution in [2.24, 2.45) is 0 Å². The van der Waals surface area contributed by atoms with E-state index in [0.29, 0.717) is 12.0 Å². The highest BCUT2D eigenvalue weighted by atomic mass is 16.2. The molecule has 0 radical (unpaired) electrons. The first kappa shape index (κ1) is 20.7. The second-order valence-electron chi connectivity index (χ2n) is 8.71. The number of carbonyl (C=O) groups is 1. The molecule has 30 heavy (non-hydrogen) atoms. The van der Waals surface area contributed by atoms with Crippen LogP contribution in [0.5, 0.6) is 0 Å². The smallest absolute Gasteiger partial charge is 0.253 e. The first-order valence-corrected chi connectivity index (χ1v) is 11.2. The fourth-order valence-electron chi connectivity index (χ4n) is 4.65. The van der Waals surface area contributed by atoms with Crippen LogP contribution in [-0.2, 0) is 6.54 Å². The van der Waals surface area contributed by atoms with Crippen molar-refractivity contribution in [3.63, 3.8) is 0 Å². The third-order valence-electron chi connectivity index (χ3n) is 6.57. The van der Waals surface area contributed by atoms with Crippen molar-refractivity contribution < 1.29 is 4.79 Å². The van der Waals surface area contributed by atoms with E-state index in [0.717, 1.165) is 44.6 Å². The number of benzene rings is 2. The molecule has 0 atom stereocenters. The van der Waals surface area contributed by atoms with Crippen molar-refractivity contribution >= 4 is 16.8 Å². The van der Waals surface area contributed by atoms with E-state index in [4.69, 9.17) is 0 Å². The minimum atomic E-state index is 0.162. The number of hydrogen-bond acceptors (Lipinski definition) is 2. The molecule has 1 aliphatic heterocycles. The minimum Gasteiger partial charge on any atom is -0.361 e. The van der Waals surface area contributed by atoms with Crippen LogP contribution in [0, 0.1) is 0 Å². The number of rotatable bonds is 6. The normalized spacial score (nSPS) is 15.4. The zero-order valence-corrected chi connectivity index (χ0v) is 18.4. The lowest BCUT2D eigenvalue weighted by atomic mass is 9.89. The van der Waals surface area contributed by atoms with Crippen molar-refractivity contribution in [2.45, 2.75) is 52.1 Å². The fraction of sp³-hybridized carbons (Fsp3) is 0.423. The maximum absolute atomic E-state index is 13.0. The Labute approximate surface area is 179 Å². The van der Waals surface area contributed by atoms with Gasteiger partial charge in [0.05, 0.1) is 0 Å². The number of nitrogens with one attached hydrogen (secondary N) is 1. The number of hydrogen-bond donors (Lipinski definition) is 1. The molecule has 2 aromatic carbocycles. The van der Waals surface area contributed by atoms with E-state index in [1.165, 1.54) is 22.0 Å². The van der Waals surface area contributed by atoms with Crippen LogP contribution in [0.15, 0.2) is 54.7 Å². The number of para-hydroxylation sites is 1. The van der Waals surface area contributed by atoms with Crippen LogP contribution in [-0.4, -0.2) is 46.4 Å². The predicted molar refractivity (Wildman–Crippen MR) is 124 cm³/mol. The SMILES string of the molecule is CCN(Cc1ccc(C(=O)N2CCC(c3c[nH]c4ccccc34)CC2)cc1)C(C)C. The summed E-state index contributed by atoms with van der Waals surface area (Å²) in [6.45, 7) is 10.2. The number of fused-ring (bicyclic) bond motifs is 1. The summed E-state index contributed by atoms with van der Waals surface area (Å²) in [6.07, 6.45) is 4.19. The van der Waals surface area contributed by atoms with Gasteiger partial charge >= 0.3 is 0 Å². The molecule has 4 heteroatoms. The van der Waals surface area contributed by atoms with Gasteiger partial charge in [-0.25, -0.2) is 0 Å². The molecular formula is C26H33N3O. The van der Waals surface area contributed by atoms with Gasteiger partial charge in [0.15, 0.2) is 0 Å². The van der Waals surface area contributed by atoms with E-state index in [9.17, 15) is 4.79 Å². The second kappa shape index (κ2) is 9.05. The molecule has 0 saturated carbocycles. The summed E-state index contributed by atoms with van der Waals surface area (Å²) >= 11 is 0. The summed E-state index contributed by atoms with van der Waals surface area (Å²) < 4.78 is 0. The van der Waals surface area contributed by atoms with Gasteiger partial charge in [-0.2, -0.15) is 0 Å². The highest BCUT2D eigenvalue weighted by molar-refractivity contribution is 5.94. The van der Waals surface area contributed by atoms with E-state index in [1.54, 1.807) is 0 Å². The standard InChI is InChI=1S/C26H33N3O/c1-4-28(19(2)3)18-20-9-11-22(12-10-20)26(30)29-15-13-21(14-16-29)24-17-27-25-8-6-5-7-23(24)25/h5-12,17,19,21,27H,4,13-16,18H2,1-3H3. The van der Waals surface area contributed by atoms with Crippen LogP contribution < -0.4 is 0 Å². The zero-order chi connectivity index (χ0) is 21.1. The molecule has 4 rings (SSSR count). The number of H-pyrrole nitrogens is 1. The quantitative estimate of drug-likeness (QED) is 0.597. The second-order valence-corrected chi connectivity index (χ2v) is 8.71. The lowest BCUT2D eigenvalue weighted by Gasteiger charge is -2.32. The Morgan fingerprint density at radius 2 is 1.80 bits per heavy atom. The van der Waals surface area contributed by atoms with E-state index in [1.807, 2.05) is 17.0 Å². The number of nitrogens with zero attached hydrogens (tertiary/aromatic N) is 2. The Hall–Kier alpha value is -2.59. The Bertz CT molecular complexity index is 981. The molecule has 1 fully saturated rings. The Kier molecular flexibility index (Phi) is 6.24. The van der Waals surface area contributed by atoms with Crippen molar-refractivity contribution in [1.82, 2.24) is 14.8 Å². The summed E-state index contributed by atoms with van der Waals surface area (Å²) in [5.74, 6) is 0.679. The summed E-state index contributed by atoms with van der Waals surface area (Å²) in [5, 5.41) is 1.32. The monoisotopic (exact) mass is 403 g/mol. The van der Waals surface area contributed by atoms with Gasteiger partial charge in [-0.3, -0.25) is 9.69 Å². The van der Waals surface area contributed by atoms with Gasteiger partial charge in [-0.1, -0.05) is 37.3 Å². The topological polar surface area (TPSA) is 39.3 Å². The average Bonchev–Trinajstić information content (AvgIpc) is 3.21. The van der Waals surface area contributed by atoms with Gasteiger partial charge in [-0.15, -0.1) is 0 Å². The molecule has 3 aromatic rings. The van der Waals surface area contributed by atoms with Crippen LogP contribution in [0.3, 0.4) is 0 Å². The molecule has 1 N–H and O–H groups in total. The van der Waals surface area contributed by atoms with E-state index in [2.05, 4.69) is 73.3 Å². The van der Waals surface area contributed by atoms with Crippen molar-refractivity contribution in [3.05, 3.63) is 71.4 Å².